The number of aryl methyl sites for hydroxylation is 4. The molecule has 1 aromatic carbocycles. The summed E-state index contributed by atoms with van der Waals surface area (Å²) in [5.74, 6) is 0. The van der Waals surface area contributed by atoms with Crippen LogP contribution in [-0.2, 0) is 56.7 Å². The summed E-state index contributed by atoms with van der Waals surface area (Å²) in [5.41, 5.74) is 12.7. The van der Waals surface area contributed by atoms with E-state index in [1.807, 2.05) is 20.2 Å². The molecule has 4 aromatic heterocycles. The largest absolute Gasteiger partial charge is 0.256 e. The number of pyridine rings is 1. The van der Waals surface area contributed by atoms with Crippen molar-refractivity contribution in [2.75, 3.05) is 0 Å². The molecule has 250 valence electrons. The maximum atomic E-state index is 4.59. The number of halogens is 8. The molecule has 0 bridgehead atoms. The van der Waals surface area contributed by atoms with Crippen LogP contribution in [0.25, 0.3) is 11.0 Å². The molecule has 0 saturated heterocycles. The van der Waals surface area contributed by atoms with Gasteiger partial charge in [-0.15, -0.1) is 5.10 Å². The number of hydrogen-bond donors (Lipinski definition) is 0. The second kappa shape index (κ2) is 22.5. The van der Waals surface area contributed by atoms with Gasteiger partial charge in [0.25, 0.3) is 0 Å². The van der Waals surface area contributed by atoms with E-state index >= 15 is 0 Å². The predicted molar refractivity (Wildman–Crippen MR) is 216 cm³/mol. The van der Waals surface area contributed by atoms with Crippen molar-refractivity contribution in [3.05, 3.63) is 87.0 Å². The molecule has 0 amide bonds. The van der Waals surface area contributed by atoms with E-state index in [1.165, 1.54) is 11.1 Å². The highest BCUT2D eigenvalue weighted by molar-refractivity contribution is 9.09. The summed E-state index contributed by atoms with van der Waals surface area (Å²) >= 11 is 26.9. The van der Waals surface area contributed by atoms with E-state index in [4.69, 9.17) is 0 Å². The Morgan fingerprint density at radius 2 is 1.02 bits per heavy atom. The Morgan fingerprint density at radius 1 is 0.522 bits per heavy atom. The van der Waals surface area contributed by atoms with Gasteiger partial charge in [0.2, 0.25) is 0 Å². The highest BCUT2D eigenvalue weighted by atomic mass is 79.9. The van der Waals surface area contributed by atoms with E-state index in [0.717, 1.165) is 99.2 Å². The summed E-state index contributed by atoms with van der Waals surface area (Å²) in [6.07, 6.45) is 0. The summed E-state index contributed by atoms with van der Waals surface area (Å²) < 4.78 is 1.77. The molecule has 0 spiro atoms. The average molecular weight is 1150 g/mol. The van der Waals surface area contributed by atoms with Gasteiger partial charge in [0.15, 0.2) is 0 Å². The molecule has 9 nitrogen and oxygen atoms in total. The molecule has 0 aliphatic rings. The van der Waals surface area contributed by atoms with E-state index < -0.39 is 0 Å². The third-order valence-corrected chi connectivity index (χ3v) is 10.3. The number of rotatable bonds is 8. The molecule has 0 fully saturated rings. The van der Waals surface area contributed by atoms with Crippen LogP contribution in [-0.4, -0.2) is 44.9 Å². The van der Waals surface area contributed by atoms with E-state index in [0.29, 0.717) is 0 Å². The van der Waals surface area contributed by atoms with Gasteiger partial charge in [-0.1, -0.05) is 139 Å². The van der Waals surface area contributed by atoms with Crippen LogP contribution in [0.15, 0.2) is 30.3 Å². The average Bonchev–Trinajstić information content (AvgIpc) is 3.64. The maximum absolute atomic E-state index is 4.59. The molecule has 46 heavy (non-hydrogen) atoms. The Balaban J connectivity index is 0.000000217. The van der Waals surface area contributed by atoms with Crippen molar-refractivity contribution in [2.45, 2.75) is 56.5 Å². The van der Waals surface area contributed by atoms with Gasteiger partial charge in [-0.2, -0.15) is 15.0 Å². The highest BCUT2D eigenvalue weighted by Gasteiger charge is 2.08. The molecule has 0 N–H and O–H groups in total. The van der Waals surface area contributed by atoms with Crippen molar-refractivity contribution in [2.24, 2.45) is 14.1 Å². The van der Waals surface area contributed by atoms with Gasteiger partial charge in [0.05, 0.1) is 56.6 Å². The smallest absolute Gasteiger partial charge is 0.0973 e. The zero-order chi connectivity index (χ0) is 34.2. The Bertz CT molecular complexity index is 1610. The molecule has 5 rings (SSSR count). The third-order valence-electron chi connectivity index (χ3n) is 5.97. The van der Waals surface area contributed by atoms with Gasteiger partial charge in [0, 0.05) is 56.7 Å². The molecular weight excluding hydrogens is 1110 g/mol. The van der Waals surface area contributed by atoms with Gasteiger partial charge in [0.1, 0.15) is 0 Å². The highest BCUT2D eigenvalue weighted by Crippen LogP contribution is 2.18. The van der Waals surface area contributed by atoms with E-state index in [9.17, 15) is 0 Å². The lowest BCUT2D eigenvalue weighted by Crippen LogP contribution is -1.98. The number of hydrogen-bond acceptors (Lipinski definition) is 7. The Morgan fingerprint density at radius 3 is 1.46 bits per heavy atom. The molecule has 0 aliphatic heterocycles. The first-order valence-electron chi connectivity index (χ1n) is 13.5. The lowest BCUT2D eigenvalue weighted by atomic mass is 10.2. The number of aromatic nitrogens is 9. The normalized spacial score (nSPS) is 10.4. The zero-order valence-electron chi connectivity index (χ0n) is 25.6. The molecule has 0 saturated carbocycles. The monoisotopic (exact) mass is 1140 g/mol. The fourth-order valence-corrected chi connectivity index (χ4v) is 7.25. The molecule has 0 unspecified atom stereocenters. The van der Waals surface area contributed by atoms with Crippen molar-refractivity contribution >= 4 is 138 Å². The standard InChI is InChI=1S/C11H10Br2N2.C8H9Br2N.2C5H7Br2N3/c1-7-2-3-8-9(4-7)15-11(6-13)10(5-12)14-8;1-6-2-7(4-9)11-8(3-6)5-10;1-10-5(3-7)4(2-6)8-9-10;1-10-8-4(2-6)5(3-7)9-10/h2-4H,5-6H2,1H3;2-3H,4-5H2,1H3;2*2-3H2,1H3. The minimum Gasteiger partial charge on any atom is -0.256 e. The first-order valence-corrected chi connectivity index (χ1v) is 22.5. The molecule has 17 heteroatoms. The van der Waals surface area contributed by atoms with Crippen molar-refractivity contribution in [1.82, 2.24) is 44.9 Å². The number of alkyl halides is 8. The Hall–Kier alpha value is -0.170. The van der Waals surface area contributed by atoms with E-state index in [1.54, 1.807) is 9.48 Å². The summed E-state index contributed by atoms with van der Waals surface area (Å²) in [7, 11) is 3.70. The summed E-state index contributed by atoms with van der Waals surface area (Å²) in [4.78, 5) is 15.1. The molecule has 0 radical (unpaired) electrons. The molecular formula is C29H33Br8N9. The predicted octanol–water partition coefficient (Wildman–Crippen LogP) is 10.1. The topological polar surface area (TPSA) is 100 Å². The first kappa shape index (κ1) is 42.0. The molecule has 0 atom stereocenters. The van der Waals surface area contributed by atoms with Crippen LogP contribution in [0.1, 0.15) is 56.7 Å². The minimum atomic E-state index is 0.741. The number of nitrogens with zero attached hydrogens (tertiary/aromatic N) is 9. The number of fused-ring (bicyclic) bond motifs is 1. The number of benzene rings is 1. The summed E-state index contributed by atoms with van der Waals surface area (Å²) in [6, 6.07) is 10.3. The van der Waals surface area contributed by atoms with Gasteiger partial charge in [-0.25, -0.2) is 9.97 Å². The van der Waals surface area contributed by atoms with E-state index in [-0.39, 0.29) is 0 Å². The zero-order valence-corrected chi connectivity index (χ0v) is 38.3. The fourth-order valence-electron chi connectivity index (χ4n) is 3.79. The fraction of sp³-hybridized carbons (Fsp3) is 0.414. The van der Waals surface area contributed by atoms with Gasteiger partial charge < -0.3 is 0 Å². The van der Waals surface area contributed by atoms with Crippen LogP contribution in [0.4, 0.5) is 0 Å². The second-order valence-electron chi connectivity index (χ2n) is 9.49. The molecule has 4 heterocycles. The summed E-state index contributed by atoms with van der Waals surface area (Å²) in [6.45, 7) is 4.15. The van der Waals surface area contributed by atoms with Crippen LogP contribution < -0.4 is 0 Å². The van der Waals surface area contributed by atoms with Crippen molar-refractivity contribution < 1.29 is 0 Å². The van der Waals surface area contributed by atoms with Crippen molar-refractivity contribution in [1.29, 1.82) is 0 Å². The van der Waals surface area contributed by atoms with Crippen molar-refractivity contribution in [3.8, 4) is 0 Å². The maximum Gasteiger partial charge on any atom is 0.0973 e. The summed E-state index contributed by atoms with van der Waals surface area (Å²) in [5, 5.41) is 22.3. The van der Waals surface area contributed by atoms with Crippen LogP contribution in [0.2, 0.25) is 0 Å². The lowest BCUT2D eigenvalue weighted by Gasteiger charge is -2.05. The van der Waals surface area contributed by atoms with Crippen LogP contribution in [0.3, 0.4) is 0 Å². The van der Waals surface area contributed by atoms with Crippen LogP contribution in [0, 0.1) is 13.8 Å². The van der Waals surface area contributed by atoms with Gasteiger partial charge in [-0.05, 0) is 49.2 Å². The quantitative estimate of drug-likeness (QED) is 0.143. The first-order chi connectivity index (χ1) is 22.1. The van der Waals surface area contributed by atoms with Crippen LogP contribution >= 0.6 is 127 Å². The molecule has 5 aromatic rings. The molecule has 0 aliphatic carbocycles. The Labute approximate surface area is 337 Å². The second-order valence-corrected chi connectivity index (χ2v) is 14.0. The van der Waals surface area contributed by atoms with Gasteiger partial charge in [-0.3, -0.25) is 9.67 Å². The lowest BCUT2D eigenvalue weighted by molar-refractivity contribution is 0.645. The van der Waals surface area contributed by atoms with Crippen molar-refractivity contribution in [3.63, 3.8) is 0 Å². The third kappa shape index (κ3) is 13.3. The SMILES string of the molecule is Cc1cc(CBr)nc(CBr)c1.Cc1ccc2nc(CBr)c(CBr)nc2c1.Cn1nc(CBr)c(CBr)n1.Cn1nnc(CBr)c1CBr. The van der Waals surface area contributed by atoms with Crippen LogP contribution in [0.5, 0.6) is 0 Å². The van der Waals surface area contributed by atoms with E-state index in [2.05, 4.69) is 201 Å². The van der Waals surface area contributed by atoms with Gasteiger partial charge >= 0.3 is 0 Å². The Kier molecular flexibility index (Phi) is 20.6. The minimum absolute atomic E-state index is 0.741.